The molecule has 2 heterocycles. The highest BCUT2D eigenvalue weighted by molar-refractivity contribution is 5.72. The lowest BCUT2D eigenvalue weighted by atomic mass is 10.2. The first-order valence-electron chi connectivity index (χ1n) is 5.33. The van der Waals surface area contributed by atoms with Crippen LogP contribution in [0.3, 0.4) is 0 Å². The van der Waals surface area contributed by atoms with Crippen molar-refractivity contribution in [1.29, 1.82) is 0 Å². The van der Waals surface area contributed by atoms with Crippen LogP contribution in [0.5, 0.6) is 0 Å². The molecule has 1 unspecified atom stereocenters. The molecule has 86 valence electrons. The number of nitrogens with zero attached hydrogens (tertiary/aromatic N) is 3. The summed E-state index contributed by atoms with van der Waals surface area (Å²) < 4.78 is 7.33. The third-order valence-electron chi connectivity index (χ3n) is 2.66. The molecule has 5 heteroatoms. The predicted octanol–water partition coefficient (Wildman–Crippen LogP) is 1.61. The number of fused-ring (bicyclic) bond motifs is 1. The molecule has 17 heavy (non-hydrogen) atoms. The Bertz CT molecular complexity index is 622. The molecule has 0 spiro atoms. The summed E-state index contributed by atoms with van der Waals surface area (Å²) in [6.07, 6.45) is 3.58. The van der Waals surface area contributed by atoms with E-state index in [1.165, 1.54) is 0 Å². The van der Waals surface area contributed by atoms with Crippen molar-refractivity contribution >= 4 is 11.1 Å². The minimum Gasteiger partial charge on any atom is -0.439 e. The van der Waals surface area contributed by atoms with Gasteiger partial charge in [-0.15, -0.1) is 0 Å². The van der Waals surface area contributed by atoms with Crippen molar-refractivity contribution in [3.63, 3.8) is 0 Å². The second kappa shape index (κ2) is 3.71. The minimum absolute atomic E-state index is 0.379. The van der Waals surface area contributed by atoms with E-state index in [0.29, 0.717) is 5.89 Å². The first-order valence-corrected chi connectivity index (χ1v) is 5.33. The molecule has 2 aromatic heterocycles. The molecular formula is C12H12N4O. The number of aromatic nitrogens is 3. The number of rotatable bonds is 2. The van der Waals surface area contributed by atoms with Gasteiger partial charge in [-0.2, -0.15) is 5.10 Å². The van der Waals surface area contributed by atoms with Crippen LogP contribution in [0.25, 0.3) is 11.1 Å². The van der Waals surface area contributed by atoms with Gasteiger partial charge in [-0.05, 0) is 12.1 Å². The number of benzene rings is 1. The molecule has 0 bridgehead atoms. The number of oxazole rings is 1. The van der Waals surface area contributed by atoms with Gasteiger partial charge in [0.05, 0.1) is 6.20 Å². The Morgan fingerprint density at radius 1 is 1.35 bits per heavy atom. The van der Waals surface area contributed by atoms with Crippen molar-refractivity contribution in [2.45, 2.75) is 6.04 Å². The predicted molar refractivity (Wildman–Crippen MR) is 63.2 cm³/mol. The summed E-state index contributed by atoms with van der Waals surface area (Å²) >= 11 is 0. The quantitative estimate of drug-likeness (QED) is 0.723. The van der Waals surface area contributed by atoms with Crippen LogP contribution in [0.1, 0.15) is 17.5 Å². The molecule has 3 rings (SSSR count). The topological polar surface area (TPSA) is 69.9 Å². The number of para-hydroxylation sites is 2. The van der Waals surface area contributed by atoms with Crippen LogP contribution >= 0.6 is 0 Å². The van der Waals surface area contributed by atoms with E-state index in [-0.39, 0.29) is 6.04 Å². The van der Waals surface area contributed by atoms with Crippen molar-refractivity contribution in [3.05, 3.63) is 48.1 Å². The van der Waals surface area contributed by atoms with Crippen LogP contribution in [0.2, 0.25) is 0 Å². The molecule has 0 amide bonds. The average molecular weight is 228 g/mol. The smallest absolute Gasteiger partial charge is 0.217 e. The fourth-order valence-electron chi connectivity index (χ4n) is 1.77. The van der Waals surface area contributed by atoms with Gasteiger partial charge in [0.1, 0.15) is 11.6 Å². The summed E-state index contributed by atoms with van der Waals surface area (Å²) in [5.74, 6) is 0.513. The Labute approximate surface area is 97.9 Å². The monoisotopic (exact) mass is 228 g/mol. The molecule has 0 aliphatic rings. The van der Waals surface area contributed by atoms with Crippen LogP contribution in [0.15, 0.2) is 41.1 Å². The molecule has 1 atom stereocenters. The maximum Gasteiger partial charge on any atom is 0.217 e. The third-order valence-corrected chi connectivity index (χ3v) is 2.66. The standard InChI is InChI=1S/C12H12N4O/c1-16-7-8(6-14-16)11(13)12-15-9-4-2-3-5-10(9)17-12/h2-7,11H,13H2,1H3. The van der Waals surface area contributed by atoms with Crippen LogP contribution in [0.4, 0.5) is 0 Å². The van der Waals surface area contributed by atoms with Gasteiger partial charge >= 0.3 is 0 Å². The molecule has 5 nitrogen and oxygen atoms in total. The van der Waals surface area contributed by atoms with E-state index in [9.17, 15) is 0 Å². The zero-order valence-electron chi connectivity index (χ0n) is 9.37. The second-order valence-electron chi connectivity index (χ2n) is 3.94. The van der Waals surface area contributed by atoms with Crippen molar-refractivity contribution in [3.8, 4) is 0 Å². The maximum absolute atomic E-state index is 6.08. The van der Waals surface area contributed by atoms with E-state index < -0.39 is 0 Å². The Balaban J connectivity index is 2.03. The summed E-state index contributed by atoms with van der Waals surface area (Å²) in [6, 6.07) is 7.23. The number of aryl methyl sites for hydroxylation is 1. The molecule has 2 N–H and O–H groups in total. The number of nitrogens with two attached hydrogens (primary N) is 1. The Morgan fingerprint density at radius 3 is 2.88 bits per heavy atom. The van der Waals surface area contributed by atoms with E-state index in [0.717, 1.165) is 16.7 Å². The highest BCUT2D eigenvalue weighted by atomic mass is 16.3. The van der Waals surface area contributed by atoms with Crippen LogP contribution in [-0.4, -0.2) is 14.8 Å². The Morgan fingerprint density at radius 2 is 2.18 bits per heavy atom. The first-order chi connectivity index (χ1) is 8.24. The van der Waals surface area contributed by atoms with Crippen LogP contribution in [0, 0.1) is 0 Å². The lowest BCUT2D eigenvalue weighted by Gasteiger charge is -2.02. The highest BCUT2D eigenvalue weighted by Gasteiger charge is 2.17. The second-order valence-corrected chi connectivity index (χ2v) is 3.94. The summed E-state index contributed by atoms with van der Waals surface area (Å²) in [5, 5.41) is 4.08. The van der Waals surface area contributed by atoms with Gasteiger partial charge < -0.3 is 10.2 Å². The van der Waals surface area contributed by atoms with Gasteiger partial charge in [-0.25, -0.2) is 4.98 Å². The van der Waals surface area contributed by atoms with Crippen LogP contribution in [-0.2, 0) is 7.05 Å². The lowest BCUT2D eigenvalue weighted by molar-refractivity contribution is 0.505. The largest absolute Gasteiger partial charge is 0.439 e. The summed E-state index contributed by atoms with van der Waals surface area (Å²) in [5.41, 5.74) is 8.54. The van der Waals surface area contributed by atoms with Crippen molar-refractivity contribution in [2.24, 2.45) is 12.8 Å². The fraction of sp³-hybridized carbons (Fsp3) is 0.167. The highest BCUT2D eigenvalue weighted by Crippen LogP contribution is 2.22. The first kappa shape index (κ1) is 10.0. The molecular weight excluding hydrogens is 216 g/mol. The molecule has 3 aromatic rings. The number of hydrogen-bond donors (Lipinski definition) is 1. The summed E-state index contributed by atoms with van der Waals surface area (Å²) in [4.78, 5) is 4.37. The van der Waals surface area contributed by atoms with Gasteiger partial charge in [0, 0.05) is 18.8 Å². The zero-order valence-corrected chi connectivity index (χ0v) is 9.37. The molecule has 0 radical (unpaired) electrons. The zero-order chi connectivity index (χ0) is 11.8. The summed E-state index contributed by atoms with van der Waals surface area (Å²) in [6.45, 7) is 0. The van der Waals surface area contributed by atoms with Gasteiger partial charge in [0.2, 0.25) is 5.89 Å². The molecule has 0 fully saturated rings. The molecule has 0 saturated heterocycles. The molecule has 0 aliphatic carbocycles. The van der Waals surface area contributed by atoms with Crippen LogP contribution < -0.4 is 5.73 Å². The van der Waals surface area contributed by atoms with E-state index in [1.54, 1.807) is 10.9 Å². The van der Waals surface area contributed by atoms with E-state index in [1.807, 2.05) is 37.5 Å². The van der Waals surface area contributed by atoms with Gasteiger partial charge in [0.25, 0.3) is 0 Å². The van der Waals surface area contributed by atoms with Gasteiger partial charge in [-0.3, -0.25) is 4.68 Å². The van der Waals surface area contributed by atoms with E-state index in [4.69, 9.17) is 10.2 Å². The molecule has 0 saturated carbocycles. The Hall–Kier alpha value is -2.14. The normalized spacial score (nSPS) is 13.1. The average Bonchev–Trinajstić information content (AvgIpc) is 2.93. The van der Waals surface area contributed by atoms with Crippen molar-refractivity contribution in [2.75, 3.05) is 0 Å². The third kappa shape index (κ3) is 1.70. The van der Waals surface area contributed by atoms with Crippen molar-refractivity contribution in [1.82, 2.24) is 14.8 Å². The fourth-order valence-corrected chi connectivity index (χ4v) is 1.77. The maximum atomic E-state index is 6.08. The van der Waals surface area contributed by atoms with Gasteiger partial charge in [0.15, 0.2) is 5.58 Å². The number of hydrogen-bond acceptors (Lipinski definition) is 4. The minimum atomic E-state index is -0.379. The SMILES string of the molecule is Cn1cc(C(N)c2nc3ccccc3o2)cn1. The van der Waals surface area contributed by atoms with Gasteiger partial charge in [-0.1, -0.05) is 12.1 Å². The molecule has 1 aromatic carbocycles. The Kier molecular flexibility index (Phi) is 2.19. The van der Waals surface area contributed by atoms with E-state index >= 15 is 0 Å². The summed E-state index contributed by atoms with van der Waals surface area (Å²) in [7, 11) is 1.85. The molecule has 0 aliphatic heterocycles. The van der Waals surface area contributed by atoms with E-state index in [2.05, 4.69) is 10.1 Å². The lowest BCUT2D eigenvalue weighted by Crippen LogP contribution is -2.11. The van der Waals surface area contributed by atoms with Crippen molar-refractivity contribution < 1.29 is 4.42 Å².